The first-order valence-corrected chi connectivity index (χ1v) is 7.99. The Morgan fingerprint density at radius 2 is 1.96 bits per heavy atom. The van der Waals surface area contributed by atoms with Crippen LogP contribution in [0.4, 0.5) is 0 Å². The highest BCUT2D eigenvalue weighted by molar-refractivity contribution is 5.94. The molecule has 0 aromatic heterocycles. The van der Waals surface area contributed by atoms with E-state index in [1.807, 2.05) is 43.3 Å². The smallest absolute Gasteiger partial charge is 0.339 e. The van der Waals surface area contributed by atoms with E-state index >= 15 is 0 Å². The number of aryl methyl sites for hydroxylation is 2. The number of carboxylic acid groups (broad SMARTS) is 1. The number of carbonyl (C=O) groups is 1. The molecule has 2 aromatic rings. The summed E-state index contributed by atoms with van der Waals surface area (Å²) in [5.41, 5.74) is 3.46. The lowest BCUT2D eigenvalue weighted by Gasteiger charge is -2.16. The Balaban J connectivity index is 1.98. The van der Waals surface area contributed by atoms with Gasteiger partial charge in [-0.1, -0.05) is 36.4 Å². The summed E-state index contributed by atoms with van der Waals surface area (Å²) in [6.45, 7) is 2.27. The van der Waals surface area contributed by atoms with E-state index in [0.717, 1.165) is 11.1 Å². The summed E-state index contributed by atoms with van der Waals surface area (Å²) in [7, 11) is 0. The van der Waals surface area contributed by atoms with Crippen molar-refractivity contribution in [1.29, 1.82) is 0 Å². The van der Waals surface area contributed by atoms with Gasteiger partial charge in [0.1, 0.15) is 23.7 Å². The van der Waals surface area contributed by atoms with Gasteiger partial charge in [0.15, 0.2) is 0 Å². The third kappa shape index (κ3) is 3.27. The predicted octanol–water partition coefficient (Wildman–Crippen LogP) is 3.76. The number of aromatic hydroxyl groups is 1. The number of phenols is 1. The molecule has 0 bridgehead atoms. The largest absolute Gasteiger partial charge is 0.508 e. The predicted molar refractivity (Wildman–Crippen MR) is 91.9 cm³/mol. The van der Waals surface area contributed by atoms with Gasteiger partial charge >= 0.3 is 5.97 Å². The SMILES string of the molecule is CC1=CCc2c(O)cc(CCc3ccccc3)c(C(=O)O)c2OC1. The maximum Gasteiger partial charge on any atom is 0.339 e. The molecule has 0 unspecified atom stereocenters. The summed E-state index contributed by atoms with van der Waals surface area (Å²) in [6.07, 6.45) is 3.67. The van der Waals surface area contributed by atoms with Crippen LogP contribution in [0, 0.1) is 0 Å². The first kappa shape index (κ1) is 16.1. The average molecular weight is 324 g/mol. The molecule has 0 radical (unpaired) electrons. The van der Waals surface area contributed by atoms with Gasteiger partial charge in [0.25, 0.3) is 0 Å². The monoisotopic (exact) mass is 324 g/mol. The van der Waals surface area contributed by atoms with E-state index in [9.17, 15) is 15.0 Å². The van der Waals surface area contributed by atoms with E-state index in [1.165, 1.54) is 0 Å². The highest BCUT2D eigenvalue weighted by atomic mass is 16.5. The molecule has 3 rings (SSSR count). The van der Waals surface area contributed by atoms with Gasteiger partial charge < -0.3 is 14.9 Å². The lowest BCUT2D eigenvalue weighted by atomic mass is 9.94. The number of phenolic OH excluding ortho intramolecular Hbond substituents is 1. The number of fused-ring (bicyclic) bond motifs is 1. The number of allylic oxidation sites excluding steroid dienone is 1. The van der Waals surface area contributed by atoms with Crippen LogP contribution in [0.15, 0.2) is 48.0 Å². The van der Waals surface area contributed by atoms with E-state index in [4.69, 9.17) is 4.74 Å². The van der Waals surface area contributed by atoms with Crippen molar-refractivity contribution >= 4 is 5.97 Å². The molecule has 0 saturated heterocycles. The Morgan fingerprint density at radius 1 is 1.21 bits per heavy atom. The second-order valence-corrected chi connectivity index (χ2v) is 6.07. The molecule has 0 atom stereocenters. The van der Waals surface area contributed by atoms with Crippen LogP contribution in [0.3, 0.4) is 0 Å². The molecule has 124 valence electrons. The molecule has 2 N–H and O–H groups in total. The minimum Gasteiger partial charge on any atom is -0.508 e. The number of hydrogen-bond acceptors (Lipinski definition) is 3. The summed E-state index contributed by atoms with van der Waals surface area (Å²) >= 11 is 0. The molecule has 4 heteroatoms. The van der Waals surface area contributed by atoms with Gasteiger partial charge in [-0.05, 0) is 49.0 Å². The summed E-state index contributed by atoms with van der Waals surface area (Å²) < 4.78 is 5.72. The third-order valence-electron chi connectivity index (χ3n) is 4.28. The van der Waals surface area contributed by atoms with Crippen molar-refractivity contribution < 1.29 is 19.7 Å². The van der Waals surface area contributed by atoms with Crippen LogP contribution in [0.5, 0.6) is 11.5 Å². The first-order chi connectivity index (χ1) is 11.6. The van der Waals surface area contributed by atoms with Gasteiger partial charge in [-0.15, -0.1) is 0 Å². The first-order valence-electron chi connectivity index (χ1n) is 7.99. The maximum atomic E-state index is 11.8. The molecule has 0 saturated carbocycles. The summed E-state index contributed by atoms with van der Waals surface area (Å²) in [4.78, 5) is 11.8. The van der Waals surface area contributed by atoms with Gasteiger partial charge in [0, 0.05) is 5.56 Å². The van der Waals surface area contributed by atoms with Crippen molar-refractivity contribution in [2.75, 3.05) is 6.61 Å². The van der Waals surface area contributed by atoms with Gasteiger partial charge in [-0.2, -0.15) is 0 Å². The lowest BCUT2D eigenvalue weighted by molar-refractivity contribution is 0.0691. The maximum absolute atomic E-state index is 11.8. The van der Waals surface area contributed by atoms with Crippen LogP contribution in [0.25, 0.3) is 0 Å². The number of hydrogen-bond donors (Lipinski definition) is 2. The fourth-order valence-electron chi connectivity index (χ4n) is 2.97. The highest BCUT2D eigenvalue weighted by Gasteiger charge is 2.24. The molecule has 0 amide bonds. The Bertz CT molecular complexity index is 791. The van der Waals surface area contributed by atoms with Crippen LogP contribution >= 0.6 is 0 Å². The zero-order valence-electron chi connectivity index (χ0n) is 13.6. The molecule has 2 aromatic carbocycles. The minimum atomic E-state index is -1.02. The Hall–Kier alpha value is -2.75. The molecule has 0 aliphatic carbocycles. The lowest BCUT2D eigenvalue weighted by Crippen LogP contribution is -2.10. The van der Waals surface area contributed by atoms with Crippen LogP contribution in [-0.4, -0.2) is 22.8 Å². The second-order valence-electron chi connectivity index (χ2n) is 6.07. The molecule has 0 fully saturated rings. The van der Waals surface area contributed by atoms with Gasteiger partial charge in [-0.25, -0.2) is 4.79 Å². The fourth-order valence-corrected chi connectivity index (χ4v) is 2.97. The van der Waals surface area contributed by atoms with Gasteiger partial charge in [-0.3, -0.25) is 0 Å². The molecule has 1 heterocycles. The molecule has 0 spiro atoms. The van der Waals surface area contributed by atoms with Crippen LogP contribution in [0.2, 0.25) is 0 Å². The summed E-state index contributed by atoms with van der Waals surface area (Å²) in [5.74, 6) is -0.614. The van der Waals surface area contributed by atoms with Crippen LogP contribution in [0.1, 0.15) is 34.0 Å². The summed E-state index contributed by atoms with van der Waals surface area (Å²) in [5, 5.41) is 20.0. The Labute approximate surface area is 141 Å². The van der Waals surface area contributed by atoms with Gasteiger partial charge in [0.2, 0.25) is 0 Å². The number of ether oxygens (including phenoxy) is 1. The zero-order chi connectivity index (χ0) is 17.1. The van der Waals surface area contributed by atoms with E-state index in [2.05, 4.69) is 0 Å². The Morgan fingerprint density at radius 3 is 2.67 bits per heavy atom. The molecule has 24 heavy (non-hydrogen) atoms. The van der Waals surface area contributed by atoms with Crippen molar-refractivity contribution in [1.82, 2.24) is 0 Å². The van der Waals surface area contributed by atoms with Crippen molar-refractivity contribution in [2.24, 2.45) is 0 Å². The fraction of sp³-hybridized carbons (Fsp3) is 0.250. The normalized spacial score (nSPS) is 13.5. The second kappa shape index (κ2) is 6.79. The minimum absolute atomic E-state index is 0.101. The highest BCUT2D eigenvalue weighted by Crippen LogP contribution is 2.37. The number of aromatic carboxylic acids is 1. The van der Waals surface area contributed by atoms with Crippen LogP contribution in [-0.2, 0) is 19.3 Å². The number of benzene rings is 2. The molecular formula is C20H20O4. The average Bonchev–Trinajstić information content (AvgIpc) is 2.76. The quantitative estimate of drug-likeness (QED) is 0.841. The number of rotatable bonds is 4. The third-order valence-corrected chi connectivity index (χ3v) is 4.28. The van der Waals surface area contributed by atoms with E-state index in [1.54, 1.807) is 6.07 Å². The molecular weight excluding hydrogens is 304 g/mol. The van der Waals surface area contributed by atoms with Crippen LogP contribution < -0.4 is 4.74 Å². The van der Waals surface area contributed by atoms with Crippen molar-refractivity contribution in [3.05, 3.63) is 70.3 Å². The van der Waals surface area contributed by atoms with Crippen molar-refractivity contribution in [3.8, 4) is 11.5 Å². The zero-order valence-corrected chi connectivity index (χ0v) is 13.6. The molecule has 1 aliphatic heterocycles. The van der Waals surface area contributed by atoms with E-state index in [0.29, 0.717) is 42.7 Å². The van der Waals surface area contributed by atoms with Crippen molar-refractivity contribution in [3.63, 3.8) is 0 Å². The van der Waals surface area contributed by atoms with E-state index in [-0.39, 0.29) is 11.3 Å². The molecule has 1 aliphatic rings. The van der Waals surface area contributed by atoms with E-state index < -0.39 is 5.97 Å². The Kier molecular flexibility index (Phi) is 4.56. The van der Waals surface area contributed by atoms with Gasteiger partial charge in [0.05, 0.1) is 0 Å². The summed E-state index contributed by atoms with van der Waals surface area (Å²) in [6, 6.07) is 11.5. The molecule has 4 nitrogen and oxygen atoms in total. The standard InChI is InChI=1S/C20H20O4/c1-13-7-10-16-17(21)11-15(9-8-14-5-3-2-4-6-14)18(20(22)23)19(16)24-12-13/h2-7,11,21H,8-10,12H2,1H3,(H,22,23). The number of carboxylic acids is 1. The topological polar surface area (TPSA) is 66.8 Å². The van der Waals surface area contributed by atoms with Crippen molar-refractivity contribution in [2.45, 2.75) is 26.2 Å².